The van der Waals surface area contributed by atoms with Crippen LogP contribution in [0.2, 0.25) is 0 Å². The number of rotatable bonds is 6. The number of halogens is 1. The van der Waals surface area contributed by atoms with Crippen LogP contribution >= 0.6 is 11.8 Å². The summed E-state index contributed by atoms with van der Waals surface area (Å²) in [6, 6.07) is 11.9. The van der Waals surface area contributed by atoms with Gasteiger partial charge in [-0.25, -0.2) is 4.39 Å². The van der Waals surface area contributed by atoms with E-state index in [0.717, 1.165) is 11.8 Å². The molecule has 2 aromatic carbocycles. The number of anilines is 1. The zero-order valence-corrected chi connectivity index (χ0v) is 15.0. The normalized spacial score (nSPS) is 11.8. The fourth-order valence-electron chi connectivity index (χ4n) is 2.13. The van der Waals surface area contributed by atoms with Crippen molar-refractivity contribution in [1.82, 2.24) is 10.2 Å². The summed E-state index contributed by atoms with van der Waals surface area (Å²) in [4.78, 5) is 23.4. The molecule has 27 heavy (non-hydrogen) atoms. The first kappa shape index (κ1) is 18.6. The Labute approximate surface area is 158 Å². The number of hydrogen-bond donors (Lipinski definition) is 2. The molecule has 0 fully saturated rings. The summed E-state index contributed by atoms with van der Waals surface area (Å²) in [5.41, 5.74) is 6.66. The van der Waals surface area contributed by atoms with E-state index in [-0.39, 0.29) is 22.8 Å². The number of nitrogens with two attached hydrogens (primary N) is 1. The average Bonchev–Trinajstić information content (AvgIpc) is 3.11. The molecule has 0 bridgehead atoms. The van der Waals surface area contributed by atoms with Gasteiger partial charge in [0.1, 0.15) is 5.82 Å². The van der Waals surface area contributed by atoms with Crippen molar-refractivity contribution in [3.63, 3.8) is 0 Å². The number of hydrogen-bond acceptors (Lipinski definition) is 6. The van der Waals surface area contributed by atoms with E-state index in [1.807, 2.05) is 0 Å². The van der Waals surface area contributed by atoms with Crippen LogP contribution < -0.4 is 11.1 Å². The first-order valence-corrected chi connectivity index (χ1v) is 8.77. The Morgan fingerprint density at radius 2 is 1.78 bits per heavy atom. The SMILES string of the molecule is C[C@H](Sc1nnc(-c2ccc(F)cc2)o1)C(=O)Nc1ccc(C(N)=O)cc1. The molecular weight excluding hydrogens is 371 g/mol. The lowest BCUT2D eigenvalue weighted by Gasteiger charge is -2.10. The van der Waals surface area contributed by atoms with Crippen LogP contribution in [-0.2, 0) is 4.79 Å². The molecule has 0 saturated carbocycles. The summed E-state index contributed by atoms with van der Waals surface area (Å²) in [6.45, 7) is 1.69. The van der Waals surface area contributed by atoms with E-state index in [4.69, 9.17) is 10.2 Å². The molecule has 9 heteroatoms. The molecule has 3 N–H and O–H groups in total. The Hall–Kier alpha value is -3.20. The van der Waals surface area contributed by atoms with Crippen LogP contribution in [0.3, 0.4) is 0 Å². The van der Waals surface area contributed by atoms with Crippen molar-refractivity contribution in [2.45, 2.75) is 17.4 Å². The molecule has 2 amide bonds. The van der Waals surface area contributed by atoms with Gasteiger partial charge < -0.3 is 15.5 Å². The number of carbonyl (C=O) groups is 2. The van der Waals surface area contributed by atoms with Crippen molar-refractivity contribution >= 4 is 29.3 Å². The molecule has 1 atom stereocenters. The number of nitrogens with one attached hydrogen (secondary N) is 1. The second-order valence-electron chi connectivity index (χ2n) is 5.57. The number of carbonyl (C=O) groups excluding carboxylic acids is 2. The molecule has 138 valence electrons. The Morgan fingerprint density at radius 1 is 1.11 bits per heavy atom. The zero-order chi connectivity index (χ0) is 19.4. The van der Waals surface area contributed by atoms with Gasteiger partial charge in [-0.05, 0) is 55.5 Å². The highest BCUT2D eigenvalue weighted by atomic mass is 32.2. The highest BCUT2D eigenvalue weighted by Gasteiger charge is 2.19. The third kappa shape index (κ3) is 4.70. The number of thioether (sulfide) groups is 1. The molecule has 1 aromatic heterocycles. The quantitative estimate of drug-likeness (QED) is 0.630. The Kier molecular flexibility index (Phi) is 5.51. The van der Waals surface area contributed by atoms with Gasteiger partial charge in [0, 0.05) is 16.8 Å². The topological polar surface area (TPSA) is 111 Å². The highest BCUT2D eigenvalue weighted by molar-refractivity contribution is 8.00. The van der Waals surface area contributed by atoms with Crippen molar-refractivity contribution in [2.24, 2.45) is 5.73 Å². The van der Waals surface area contributed by atoms with Gasteiger partial charge in [0.25, 0.3) is 5.22 Å². The van der Waals surface area contributed by atoms with E-state index in [0.29, 0.717) is 16.8 Å². The zero-order valence-electron chi connectivity index (χ0n) is 14.2. The smallest absolute Gasteiger partial charge is 0.277 e. The molecule has 0 aliphatic carbocycles. The van der Waals surface area contributed by atoms with Crippen LogP contribution in [0.25, 0.3) is 11.5 Å². The number of aromatic nitrogens is 2. The number of amides is 2. The molecule has 0 spiro atoms. The maximum absolute atomic E-state index is 13.0. The molecule has 1 heterocycles. The third-order valence-electron chi connectivity index (χ3n) is 3.58. The minimum absolute atomic E-state index is 0.223. The Bertz CT molecular complexity index is 957. The fraction of sp³-hybridized carbons (Fsp3) is 0.111. The largest absolute Gasteiger partial charge is 0.411 e. The van der Waals surface area contributed by atoms with Gasteiger partial charge >= 0.3 is 0 Å². The van der Waals surface area contributed by atoms with Gasteiger partial charge in [-0.2, -0.15) is 0 Å². The van der Waals surface area contributed by atoms with E-state index in [9.17, 15) is 14.0 Å². The maximum Gasteiger partial charge on any atom is 0.277 e. The van der Waals surface area contributed by atoms with Crippen LogP contribution in [0.4, 0.5) is 10.1 Å². The maximum atomic E-state index is 13.0. The predicted molar refractivity (Wildman–Crippen MR) is 98.6 cm³/mol. The van der Waals surface area contributed by atoms with Crippen molar-refractivity contribution in [3.8, 4) is 11.5 Å². The molecule has 3 aromatic rings. The molecule has 0 aliphatic heterocycles. The summed E-state index contributed by atoms with van der Waals surface area (Å²) in [5, 5.41) is 10.2. The highest BCUT2D eigenvalue weighted by Crippen LogP contribution is 2.27. The van der Waals surface area contributed by atoms with Gasteiger partial charge in [0.15, 0.2) is 0 Å². The summed E-state index contributed by atoms with van der Waals surface area (Å²) in [5.74, 6) is -0.923. The average molecular weight is 386 g/mol. The summed E-state index contributed by atoms with van der Waals surface area (Å²) in [6.07, 6.45) is 0. The third-order valence-corrected chi connectivity index (χ3v) is 4.52. The lowest BCUT2D eigenvalue weighted by atomic mass is 10.2. The molecule has 0 radical (unpaired) electrons. The van der Waals surface area contributed by atoms with Crippen LogP contribution in [0.1, 0.15) is 17.3 Å². The van der Waals surface area contributed by atoms with Gasteiger partial charge in [0.2, 0.25) is 17.7 Å². The number of nitrogens with zero attached hydrogens (tertiary/aromatic N) is 2. The standard InChI is InChI=1S/C18H15FN4O3S/c1-10(16(25)21-14-8-4-11(5-9-14)15(20)24)27-18-23-22-17(26-18)12-2-6-13(19)7-3-12/h2-10H,1H3,(H2,20,24)(H,21,25)/t10-/m0/s1. The van der Waals surface area contributed by atoms with Crippen molar-refractivity contribution in [1.29, 1.82) is 0 Å². The van der Waals surface area contributed by atoms with Gasteiger partial charge in [0.05, 0.1) is 5.25 Å². The summed E-state index contributed by atoms with van der Waals surface area (Å²) < 4.78 is 18.5. The molecule has 7 nitrogen and oxygen atoms in total. The van der Waals surface area contributed by atoms with Gasteiger partial charge in [-0.3, -0.25) is 9.59 Å². The Balaban J connectivity index is 1.61. The van der Waals surface area contributed by atoms with Gasteiger partial charge in [-0.15, -0.1) is 10.2 Å². The van der Waals surface area contributed by atoms with E-state index in [1.165, 1.54) is 36.4 Å². The summed E-state index contributed by atoms with van der Waals surface area (Å²) >= 11 is 1.10. The molecule has 0 saturated heterocycles. The van der Waals surface area contributed by atoms with E-state index in [1.54, 1.807) is 19.1 Å². The second-order valence-corrected chi connectivity index (χ2v) is 6.86. The fourth-order valence-corrected chi connectivity index (χ4v) is 2.82. The first-order chi connectivity index (χ1) is 12.9. The first-order valence-electron chi connectivity index (χ1n) is 7.89. The van der Waals surface area contributed by atoms with Crippen LogP contribution in [0.15, 0.2) is 58.2 Å². The molecule has 3 rings (SSSR count). The minimum atomic E-state index is -0.537. The van der Waals surface area contributed by atoms with Gasteiger partial charge in [-0.1, -0.05) is 11.8 Å². The Morgan fingerprint density at radius 3 is 2.41 bits per heavy atom. The van der Waals surface area contributed by atoms with E-state index in [2.05, 4.69) is 15.5 Å². The van der Waals surface area contributed by atoms with E-state index < -0.39 is 11.2 Å². The minimum Gasteiger partial charge on any atom is -0.411 e. The second kappa shape index (κ2) is 8.00. The van der Waals surface area contributed by atoms with Crippen LogP contribution in [0, 0.1) is 5.82 Å². The molecule has 0 aliphatic rings. The van der Waals surface area contributed by atoms with Crippen molar-refractivity contribution < 1.29 is 18.4 Å². The molecular formula is C18H15FN4O3S. The van der Waals surface area contributed by atoms with Crippen molar-refractivity contribution in [3.05, 3.63) is 59.9 Å². The predicted octanol–water partition coefficient (Wildman–Crippen LogP) is 3.09. The van der Waals surface area contributed by atoms with Crippen LogP contribution in [-0.4, -0.2) is 27.3 Å². The summed E-state index contributed by atoms with van der Waals surface area (Å²) in [7, 11) is 0. The van der Waals surface area contributed by atoms with Crippen molar-refractivity contribution in [2.75, 3.05) is 5.32 Å². The molecule has 0 unspecified atom stereocenters. The number of primary amides is 1. The van der Waals surface area contributed by atoms with Crippen LogP contribution in [0.5, 0.6) is 0 Å². The van der Waals surface area contributed by atoms with E-state index >= 15 is 0 Å². The number of benzene rings is 2. The lowest BCUT2D eigenvalue weighted by molar-refractivity contribution is -0.115. The lowest BCUT2D eigenvalue weighted by Crippen LogP contribution is -2.22. The monoisotopic (exact) mass is 386 g/mol.